The molecular weight excluding hydrogens is 232 g/mol. The van der Waals surface area contributed by atoms with Crippen LogP contribution >= 0.6 is 0 Å². The lowest BCUT2D eigenvalue weighted by molar-refractivity contribution is -0.136. The van der Waals surface area contributed by atoms with Crippen molar-refractivity contribution in [3.63, 3.8) is 0 Å². The summed E-state index contributed by atoms with van der Waals surface area (Å²) < 4.78 is 0. The highest BCUT2D eigenvalue weighted by molar-refractivity contribution is 5.73. The predicted octanol–water partition coefficient (Wildman–Crippen LogP) is 0.0427. The quantitative estimate of drug-likeness (QED) is 0.788. The molecule has 1 aliphatic rings. The molecule has 2 heterocycles. The Bertz CT molecular complexity index is 442. The number of aliphatic carboxylic acids is 1. The molecular formula is C12H18N4O2. The highest BCUT2D eigenvalue weighted by Gasteiger charge is 2.16. The normalized spacial score (nSPS) is 16.8. The molecule has 0 amide bonds. The summed E-state index contributed by atoms with van der Waals surface area (Å²) in [5.41, 5.74) is 6.81. The molecule has 2 rings (SSSR count). The van der Waals surface area contributed by atoms with Crippen LogP contribution in [0.5, 0.6) is 0 Å². The van der Waals surface area contributed by atoms with Crippen LogP contribution in [0.4, 0.5) is 11.5 Å². The van der Waals surface area contributed by atoms with Crippen molar-refractivity contribution in [2.45, 2.75) is 6.42 Å². The summed E-state index contributed by atoms with van der Waals surface area (Å²) in [4.78, 5) is 19.5. The van der Waals surface area contributed by atoms with Crippen LogP contribution < -0.4 is 10.6 Å². The van der Waals surface area contributed by atoms with E-state index in [0.717, 1.165) is 32.0 Å². The number of carboxylic acid groups (broad SMARTS) is 1. The van der Waals surface area contributed by atoms with E-state index in [-0.39, 0.29) is 6.42 Å². The van der Waals surface area contributed by atoms with E-state index in [9.17, 15) is 4.79 Å². The number of pyridine rings is 1. The van der Waals surface area contributed by atoms with E-state index in [0.29, 0.717) is 11.3 Å². The second kappa shape index (κ2) is 5.22. The van der Waals surface area contributed by atoms with Gasteiger partial charge in [-0.1, -0.05) is 0 Å². The topological polar surface area (TPSA) is 82.7 Å². The van der Waals surface area contributed by atoms with Gasteiger partial charge in [0.2, 0.25) is 0 Å². The molecule has 6 nitrogen and oxygen atoms in total. The molecule has 98 valence electrons. The van der Waals surface area contributed by atoms with Crippen LogP contribution in [0.3, 0.4) is 0 Å². The molecule has 1 aromatic rings. The summed E-state index contributed by atoms with van der Waals surface area (Å²) in [5.74, 6) is -0.0641. The van der Waals surface area contributed by atoms with Gasteiger partial charge in [-0.05, 0) is 18.7 Å². The Kier molecular flexibility index (Phi) is 3.66. The Morgan fingerprint density at radius 2 is 2.11 bits per heavy atom. The lowest BCUT2D eigenvalue weighted by Crippen LogP contribution is -2.44. The van der Waals surface area contributed by atoms with Gasteiger partial charge in [0.05, 0.1) is 18.3 Å². The van der Waals surface area contributed by atoms with Gasteiger partial charge in [0, 0.05) is 26.2 Å². The fourth-order valence-corrected chi connectivity index (χ4v) is 2.02. The van der Waals surface area contributed by atoms with E-state index in [1.54, 1.807) is 12.3 Å². The average molecular weight is 250 g/mol. The monoisotopic (exact) mass is 250 g/mol. The van der Waals surface area contributed by atoms with Gasteiger partial charge in [-0.3, -0.25) is 4.79 Å². The van der Waals surface area contributed by atoms with Crippen LogP contribution in [0, 0.1) is 0 Å². The van der Waals surface area contributed by atoms with E-state index in [1.165, 1.54) is 0 Å². The van der Waals surface area contributed by atoms with Crippen LogP contribution in [0.1, 0.15) is 5.56 Å². The van der Waals surface area contributed by atoms with Gasteiger partial charge in [0.1, 0.15) is 5.82 Å². The zero-order chi connectivity index (χ0) is 13.1. The SMILES string of the molecule is CN1CCN(c2cc(CC(=O)O)c(N)cn2)CC1. The average Bonchev–Trinajstić information content (AvgIpc) is 2.32. The minimum atomic E-state index is -0.878. The number of piperazine rings is 1. The second-order valence-corrected chi connectivity index (χ2v) is 4.60. The second-order valence-electron chi connectivity index (χ2n) is 4.60. The summed E-state index contributed by atoms with van der Waals surface area (Å²) in [7, 11) is 2.09. The molecule has 0 saturated carbocycles. The standard InChI is InChI=1S/C12H18N4O2/c1-15-2-4-16(5-3-15)11-6-9(7-12(17)18)10(13)8-14-11/h6,8H,2-5,7,13H2,1H3,(H,17,18). The van der Waals surface area contributed by atoms with E-state index < -0.39 is 5.97 Å². The number of carboxylic acids is 1. The van der Waals surface area contributed by atoms with Gasteiger partial charge in [-0.15, -0.1) is 0 Å². The summed E-state index contributed by atoms with van der Waals surface area (Å²) in [6.45, 7) is 3.78. The minimum absolute atomic E-state index is 0.0604. The third kappa shape index (κ3) is 2.89. The number of likely N-dealkylation sites (N-methyl/N-ethyl adjacent to an activating group) is 1. The van der Waals surface area contributed by atoms with Crippen LogP contribution in [0.25, 0.3) is 0 Å². The third-order valence-electron chi connectivity index (χ3n) is 3.18. The molecule has 3 N–H and O–H groups in total. The molecule has 1 aliphatic heterocycles. The Labute approximate surface area is 106 Å². The Balaban J connectivity index is 2.16. The smallest absolute Gasteiger partial charge is 0.307 e. The number of hydrogen-bond acceptors (Lipinski definition) is 5. The van der Waals surface area contributed by atoms with Crippen molar-refractivity contribution in [2.75, 3.05) is 43.9 Å². The molecule has 0 radical (unpaired) electrons. The van der Waals surface area contributed by atoms with E-state index >= 15 is 0 Å². The molecule has 1 fully saturated rings. The highest BCUT2D eigenvalue weighted by atomic mass is 16.4. The van der Waals surface area contributed by atoms with Gasteiger partial charge >= 0.3 is 5.97 Å². The van der Waals surface area contributed by atoms with Crippen molar-refractivity contribution in [3.05, 3.63) is 17.8 Å². The van der Waals surface area contributed by atoms with Crippen LogP contribution in [-0.2, 0) is 11.2 Å². The van der Waals surface area contributed by atoms with Crippen molar-refractivity contribution in [1.29, 1.82) is 0 Å². The Morgan fingerprint density at radius 3 is 2.72 bits per heavy atom. The molecule has 18 heavy (non-hydrogen) atoms. The van der Waals surface area contributed by atoms with Gasteiger partial charge < -0.3 is 20.6 Å². The van der Waals surface area contributed by atoms with Crippen LogP contribution in [0.15, 0.2) is 12.3 Å². The molecule has 0 aliphatic carbocycles. The minimum Gasteiger partial charge on any atom is -0.481 e. The molecule has 0 bridgehead atoms. The zero-order valence-corrected chi connectivity index (χ0v) is 10.5. The van der Waals surface area contributed by atoms with E-state index in [2.05, 4.69) is 21.8 Å². The first kappa shape index (κ1) is 12.6. The van der Waals surface area contributed by atoms with Gasteiger partial charge in [-0.25, -0.2) is 4.98 Å². The van der Waals surface area contributed by atoms with Crippen LogP contribution in [0.2, 0.25) is 0 Å². The fourth-order valence-electron chi connectivity index (χ4n) is 2.02. The number of nitrogens with zero attached hydrogens (tertiary/aromatic N) is 3. The number of aromatic nitrogens is 1. The highest BCUT2D eigenvalue weighted by Crippen LogP contribution is 2.19. The van der Waals surface area contributed by atoms with Crippen molar-refractivity contribution in [1.82, 2.24) is 9.88 Å². The zero-order valence-electron chi connectivity index (χ0n) is 10.5. The first-order chi connectivity index (χ1) is 8.56. The fraction of sp³-hybridized carbons (Fsp3) is 0.500. The van der Waals surface area contributed by atoms with Gasteiger partial charge in [0.15, 0.2) is 0 Å². The molecule has 1 aromatic heterocycles. The number of rotatable bonds is 3. The molecule has 6 heteroatoms. The Hall–Kier alpha value is -1.82. The number of anilines is 2. The molecule has 0 spiro atoms. The lowest BCUT2D eigenvalue weighted by atomic mass is 10.1. The predicted molar refractivity (Wildman–Crippen MR) is 69.7 cm³/mol. The van der Waals surface area contributed by atoms with Gasteiger partial charge in [-0.2, -0.15) is 0 Å². The first-order valence-corrected chi connectivity index (χ1v) is 5.96. The van der Waals surface area contributed by atoms with Gasteiger partial charge in [0.25, 0.3) is 0 Å². The van der Waals surface area contributed by atoms with Crippen molar-refractivity contribution >= 4 is 17.5 Å². The number of nitrogen functional groups attached to an aromatic ring is 1. The summed E-state index contributed by atoms with van der Waals surface area (Å²) in [6.07, 6.45) is 1.49. The van der Waals surface area contributed by atoms with Crippen molar-refractivity contribution in [2.24, 2.45) is 0 Å². The first-order valence-electron chi connectivity index (χ1n) is 5.96. The number of hydrogen-bond donors (Lipinski definition) is 2. The largest absolute Gasteiger partial charge is 0.481 e. The molecule has 0 aromatic carbocycles. The van der Waals surface area contributed by atoms with Crippen LogP contribution in [-0.4, -0.2) is 54.2 Å². The number of carbonyl (C=O) groups is 1. The number of nitrogens with two attached hydrogens (primary N) is 1. The molecule has 0 atom stereocenters. The summed E-state index contributed by atoms with van der Waals surface area (Å²) >= 11 is 0. The van der Waals surface area contributed by atoms with Crippen molar-refractivity contribution in [3.8, 4) is 0 Å². The maximum atomic E-state index is 10.8. The molecule has 1 saturated heterocycles. The summed E-state index contributed by atoms with van der Waals surface area (Å²) in [5, 5.41) is 8.83. The van der Waals surface area contributed by atoms with Crippen molar-refractivity contribution < 1.29 is 9.90 Å². The maximum absolute atomic E-state index is 10.8. The van der Waals surface area contributed by atoms with E-state index in [4.69, 9.17) is 10.8 Å². The third-order valence-corrected chi connectivity index (χ3v) is 3.18. The molecule has 0 unspecified atom stereocenters. The Morgan fingerprint density at radius 1 is 1.44 bits per heavy atom. The maximum Gasteiger partial charge on any atom is 0.307 e. The lowest BCUT2D eigenvalue weighted by Gasteiger charge is -2.33. The van der Waals surface area contributed by atoms with E-state index in [1.807, 2.05) is 0 Å². The summed E-state index contributed by atoms with van der Waals surface area (Å²) in [6, 6.07) is 1.79.